The molecule has 112 valence electrons. The van der Waals surface area contributed by atoms with Crippen molar-refractivity contribution in [3.63, 3.8) is 0 Å². The minimum Gasteiger partial charge on any atom is -0.450 e. The van der Waals surface area contributed by atoms with E-state index in [-0.39, 0.29) is 0 Å². The number of rotatable bonds is 4. The van der Waals surface area contributed by atoms with Gasteiger partial charge in [0.25, 0.3) is 0 Å². The molecule has 0 spiro atoms. The highest BCUT2D eigenvalue weighted by Gasteiger charge is 2.18. The van der Waals surface area contributed by atoms with Gasteiger partial charge in [0.15, 0.2) is 5.13 Å². The van der Waals surface area contributed by atoms with Crippen molar-refractivity contribution in [2.24, 2.45) is 5.92 Å². The van der Waals surface area contributed by atoms with Gasteiger partial charge in [-0.15, -0.1) is 0 Å². The Labute approximate surface area is 124 Å². The summed E-state index contributed by atoms with van der Waals surface area (Å²) in [4.78, 5) is 19.5. The van der Waals surface area contributed by atoms with E-state index in [0.29, 0.717) is 11.7 Å². The van der Waals surface area contributed by atoms with Gasteiger partial charge in [-0.1, -0.05) is 18.3 Å². The lowest BCUT2D eigenvalue weighted by molar-refractivity contribution is 0.168. The molecule has 1 saturated heterocycles. The highest BCUT2D eigenvalue weighted by molar-refractivity contribution is 7.15. The number of nitrogens with one attached hydrogen (secondary N) is 1. The average molecular weight is 297 g/mol. The third-order valence-electron chi connectivity index (χ3n) is 3.62. The average Bonchev–Trinajstić information content (AvgIpc) is 2.72. The van der Waals surface area contributed by atoms with Gasteiger partial charge in [-0.25, -0.2) is 9.78 Å². The number of amides is 1. The van der Waals surface area contributed by atoms with Crippen LogP contribution in [-0.4, -0.2) is 35.7 Å². The number of nitrogens with zero attached hydrogens (tertiary/aromatic N) is 2. The van der Waals surface area contributed by atoms with Gasteiger partial charge in [-0.2, -0.15) is 0 Å². The Morgan fingerprint density at radius 2 is 2.20 bits per heavy atom. The lowest BCUT2D eigenvalue weighted by atomic mass is 9.99. The number of likely N-dealkylation sites (tertiary alicyclic amines) is 1. The Morgan fingerprint density at radius 3 is 2.85 bits per heavy atom. The molecule has 0 unspecified atom stereocenters. The summed E-state index contributed by atoms with van der Waals surface area (Å²) >= 11 is 1.54. The normalized spacial score (nSPS) is 17.1. The number of hydrogen-bond donors (Lipinski definition) is 1. The first-order valence-electron chi connectivity index (χ1n) is 7.21. The standard InChI is InChI=1S/C14H23N3O2S/c1-4-19-14(18)16-13-15-11(3)12(20-13)9-17-7-5-10(2)6-8-17/h10H,4-9H2,1-3H3,(H,15,16,18). The van der Waals surface area contributed by atoms with Crippen LogP contribution < -0.4 is 5.32 Å². The van der Waals surface area contributed by atoms with Gasteiger partial charge in [-0.3, -0.25) is 10.2 Å². The molecule has 1 aliphatic heterocycles. The fourth-order valence-corrected chi connectivity index (χ4v) is 3.30. The fourth-order valence-electron chi connectivity index (χ4n) is 2.31. The van der Waals surface area contributed by atoms with Crippen molar-refractivity contribution in [1.29, 1.82) is 0 Å². The molecule has 1 fully saturated rings. The fraction of sp³-hybridized carbons (Fsp3) is 0.714. The van der Waals surface area contributed by atoms with Crippen molar-refractivity contribution in [1.82, 2.24) is 9.88 Å². The highest BCUT2D eigenvalue weighted by atomic mass is 32.1. The minimum absolute atomic E-state index is 0.370. The number of piperidine rings is 1. The predicted octanol–water partition coefficient (Wildman–Crippen LogP) is 3.25. The molecule has 0 aromatic carbocycles. The summed E-state index contributed by atoms with van der Waals surface area (Å²) < 4.78 is 4.86. The van der Waals surface area contributed by atoms with E-state index in [1.165, 1.54) is 17.7 Å². The molecule has 0 bridgehead atoms. The Morgan fingerprint density at radius 1 is 1.50 bits per heavy atom. The Kier molecular flexibility index (Phi) is 5.37. The summed E-state index contributed by atoms with van der Waals surface area (Å²) in [5.41, 5.74) is 1.00. The van der Waals surface area contributed by atoms with E-state index in [9.17, 15) is 4.79 Å². The van der Waals surface area contributed by atoms with Crippen molar-refractivity contribution in [2.45, 2.75) is 40.2 Å². The molecule has 0 saturated carbocycles. The molecule has 0 atom stereocenters. The molecule has 5 nitrogen and oxygen atoms in total. The van der Waals surface area contributed by atoms with Crippen LogP contribution in [0.2, 0.25) is 0 Å². The number of hydrogen-bond acceptors (Lipinski definition) is 5. The number of ether oxygens (including phenoxy) is 1. The first kappa shape index (κ1) is 15.3. The van der Waals surface area contributed by atoms with Gasteiger partial charge < -0.3 is 4.74 Å². The van der Waals surface area contributed by atoms with E-state index < -0.39 is 6.09 Å². The topological polar surface area (TPSA) is 54.5 Å². The lowest BCUT2D eigenvalue weighted by Crippen LogP contribution is -2.32. The van der Waals surface area contributed by atoms with Gasteiger partial charge in [0.2, 0.25) is 0 Å². The van der Waals surface area contributed by atoms with Gasteiger partial charge in [-0.05, 0) is 45.7 Å². The minimum atomic E-state index is -0.431. The number of carbonyl (C=O) groups excluding carboxylic acids is 1. The van der Waals surface area contributed by atoms with Gasteiger partial charge in [0, 0.05) is 11.4 Å². The van der Waals surface area contributed by atoms with Crippen LogP contribution in [0, 0.1) is 12.8 Å². The molecule has 2 heterocycles. The zero-order valence-corrected chi connectivity index (χ0v) is 13.3. The molecule has 1 N–H and O–H groups in total. The summed E-state index contributed by atoms with van der Waals surface area (Å²) in [5, 5.41) is 3.30. The Bertz CT molecular complexity index is 453. The van der Waals surface area contributed by atoms with Crippen LogP contribution in [0.5, 0.6) is 0 Å². The molecule has 1 aromatic heterocycles. The zero-order valence-electron chi connectivity index (χ0n) is 12.4. The maximum atomic E-state index is 11.4. The van der Waals surface area contributed by atoms with Crippen LogP contribution in [0.4, 0.5) is 9.93 Å². The monoisotopic (exact) mass is 297 g/mol. The Balaban J connectivity index is 1.92. The number of aromatic nitrogens is 1. The molecule has 0 aliphatic carbocycles. The SMILES string of the molecule is CCOC(=O)Nc1nc(C)c(CN2CCC(C)CC2)s1. The lowest BCUT2D eigenvalue weighted by Gasteiger charge is -2.29. The summed E-state index contributed by atoms with van der Waals surface area (Å²) in [6.07, 6.45) is 2.11. The summed E-state index contributed by atoms with van der Waals surface area (Å²) in [6.45, 7) is 9.70. The maximum Gasteiger partial charge on any atom is 0.413 e. The van der Waals surface area contributed by atoms with Crippen LogP contribution in [-0.2, 0) is 11.3 Å². The number of thiazole rings is 1. The quantitative estimate of drug-likeness (QED) is 0.927. The second-order valence-electron chi connectivity index (χ2n) is 5.33. The van der Waals surface area contributed by atoms with Gasteiger partial charge in [0.05, 0.1) is 12.3 Å². The van der Waals surface area contributed by atoms with Crippen LogP contribution in [0.25, 0.3) is 0 Å². The Hall–Kier alpha value is -1.14. The van der Waals surface area contributed by atoms with E-state index >= 15 is 0 Å². The molecule has 1 aromatic rings. The molecular formula is C14H23N3O2S. The molecule has 0 radical (unpaired) electrons. The van der Waals surface area contributed by atoms with Crippen LogP contribution in [0.15, 0.2) is 0 Å². The van der Waals surface area contributed by atoms with E-state index in [2.05, 4.69) is 22.1 Å². The summed E-state index contributed by atoms with van der Waals surface area (Å²) in [7, 11) is 0. The molecule has 2 rings (SSSR count). The third kappa shape index (κ3) is 4.18. The van der Waals surface area contributed by atoms with Crippen molar-refractivity contribution >= 4 is 22.6 Å². The van der Waals surface area contributed by atoms with Crippen LogP contribution in [0.1, 0.15) is 37.3 Å². The van der Waals surface area contributed by atoms with Crippen molar-refractivity contribution < 1.29 is 9.53 Å². The number of carbonyl (C=O) groups is 1. The second-order valence-corrected chi connectivity index (χ2v) is 6.42. The molecule has 20 heavy (non-hydrogen) atoms. The summed E-state index contributed by atoms with van der Waals surface area (Å²) in [6, 6.07) is 0. The van der Waals surface area contributed by atoms with Crippen molar-refractivity contribution in [2.75, 3.05) is 25.0 Å². The largest absolute Gasteiger partial charge is 0.450 e. The van der Waals surface area contributed by atoms with E-state index in [1.54, 1.807) is 18.3 Å². The smallest absolute Gasteiger partial charge is 0.413 e. The van der Waals surface area contributed by atoms with Crippen molar-refractivity contribution in [3.05, 3.63) is 10.6 Å². The number of anilines is 1. The first-order chi connectivity index (χ1) is 9.58. The zero-order chi connectivity index (χ0) is 14.5. The molecule has 1 aliphatic rings. The molecule has 1 amide bonds. The first-order valence-corrected chi connectivity index (χ1v) is 8.02. The van der Waals surface area contributed by atoms with E-state index in [0.717, 1.165) is 31.2 Å². The highest BCUT2D eigenvalue weighted by Crippen LogP contribution is 2.26. The third-order valence-corrected chi connectivity index (χ3v) is 4.68. The molecular weight excluding hydrogens is 274 g/mol. The predicted molar refractivity (Wildman–Crippen MR) is 81.2 cm³/mol. The summed E-state index contributed by atoms with van der Waals surface area (Å²) in [5.74, 6) is 0.842. The molecule has 6 heteroatoms. The number of aryl methyl sites for hydroxylation is 1. The maximum absolute atomic E-state index is 11.4. The van der Waals surface area contributed by atoms with E-state index in [1.807, 2.05) is 6.92 Å². The van der Waals surface area contributed by atoms with Crippen molar-refractivity contribution in [3.8, 4) is 0 Å². The van der Waals surface area contributed by atoms with Gasteiger partial charge >= 0.3 is 6.09 Å². The second kappa shape index (κ2) is 7.04. The van der Waals surface area contributed by atoms with Crippen LogP contribution in [0.3, 0.4) is 0 Å². The van der Waals surface area contributed by atoms with Gasteiger partial charge in [0.1, 0.15) is 0 Å². The van der Waals surface area contributed by atoms with Crippen LogP contribution >= 0.6 is 11.3 Å². The van der Waals surface area contributed by atoms with E-state index in [4.69, 9.17) is 4.74 Å².